The molecule has 0 aliphatic carbocycles. The van der Waals surface area contributed by atoms with Crippen molar-refractivity contribution in [2.45, 2.75) is 31.0 Å². The van der Waals surface area contributed by atoms with Gasteiger partial charge in [-0.1, -0.05) is 18.2 Å². The minimum atomic E-state index is -0.605. The van der Waals surface area contributed by atoms with Crippen molar-refractivity contribution in [1.82, 2.24) is 9.97 Å². The second-order valence-corrected chi connectivity index (χ2v) is 8.72. The molecular formula is C25H24F2N4O2. The lowest BCUT2D eigenvalue weighted by Crippen LogP contribution is -2.36. The third kappa shape index (κ3) is 3.95. The zero-order chi connectivity index (χ0) is 23.1. The fourth-order valence-corrected chi connectivity index (χ4v) is 4.88. The van der Waals surface area contributed by atoms with Gasteiger partial charge in [0.2, 0.25) is 11.9 Å². The van der Waals surface area contributed by atoms with E-state index in [0.29, 0.717) is 11.6 Å². The van der Waals surface area contributed by atoms with Gasteiger partial charge < -0.3 is 15.0 Å². The summed E-state index contributed by atoms with van der Waals surface area (Å²) in [6, 6.07) is 10.3. The van der Waals surface area contributed by atoms with Crippen molar-refractivity contribution >= 4 is 17.5 Å². The number of hydrogen-bond acceptors (Lipinski definition) is 5. The number of fused-ring (bicyclic) bond motifs is 2. The summed E-state index contributed by atoms with van der Waals surface area (Å²) in [4.78, 5) is 23.8. The zero-order valence-electron chi connectivity index (χ0n) is 18.3. The number of aromatic nitrogens is 2. The van der Waals surface area contributed by atoms with E-state index in [4.69, 9.17) is 4.74 Å². The molecule has 0 saturated carbocycles. The fourth-order valence-electron chi connectivity index (χ4n) is 4.88. The third-order valence-electron chi connectivity index (χ3n) is 6.42. The largest absolute Gasteiger partial charge is 0.373 e. The number of halogens is 2. The molecule has 170 valence electrons. The fraction of sp³-hybridized carbons (Fsp3) is 0.320. The van der Waals surface area contributed by atoms with Crippen molar-refractivity contribution < 1.29 is 18.3 Å². The van der Waals surface area contributed by atoms with Crippen molar-refractivity contribution in [1.29, 1.82) is 0 Å². The highest BCUT2D eigenvalue weighted by Gasteiger charge is 2.53. The Morgan fingerprint density at radius 2 is 1.70 bits per heavy atom. The second-order valence-electron chi connectivity index (χ2n) is 8.72. The number of ether oxygens (including phenoxy) is 1. The SMILES string of the molecule is CN(C)c1ncc(C2C3CCC(O3)C2C(=O)Nc2ccc(-c3ccccc3F)c(F)c2)cn1. The van der Waals surface area contributed by atoms with Gasteiger partial charge in [-0.05, 0) is 42.7 Å². The number of nitrogens with one attached hydrogen (secondary N) is 1. The van der Waals surface area contributed by atoms with Gasteiger partial charge in [-0.15, -0.1) is 0 Å². The standard InChI is InChI=1S/C25H24F2N4O2/c1-31(2)25-28-12-14(13-29-25)22-20-9-10-21(33-20)23(22)24(32)30-15-7-8-17(19(27)11-15)16-5-3-4-6-18(16)26/h3-8,11-13,20-23H,9-10H2,1-2H3,(H,30,32). The Hall–Kier alpha value is -3.39. The molecule has 2 aliphatic rings. The predicted molar refractivity (Wildman–Crippen MR) is 121 cm³/mol. The molecule has 0 radical (unpaired) electrons. The molecule has 1 amide bonds. The van der Waals surface area contributed by atoms with E-state index in [-0.39, 0.29) is 35.2 Å². The van der Waals surface area contributed by atoms with Gasteiger partial charge in [0, 0.05) is 49.2 Å². The van der Waals surface area contributed by atoms with Gasteiger partial charge >= 0.3 is 0 Å². The van der Waals surface area contributed by atoms with E-state index in [0.717, 1.165) is 18.4 Å². The van der Waals surface area contributed by atoms with Crippen LogP contribution in [0.25, 0.3) is 11.1 Å². The molecule has 8 heteroatoms. The van der Waals surface area contributed by atoms with Crippen LogP contribution in [0.1, 0.15) is 24.3 Å². The van der Waals surface area contributed by atoms with Gasteiger partial charge in [0.05, 0.1) is 18.1 Å². The molecule has 2 saturated heterocycles. The maximum Gasteiger partial charge on any atom is 0.230 e. The van der Waals surface area contributed by atoms with Gasteiger partial charge in [-0.2, -0.15) is 0 Å². The second kappa shape index (κ2) is 8.51. The van der Waals surface area contributed by atoms with Crippen molar-refractivity contribution in [2.24, 2.45) is 5.92 Å². The summed E-state index contributed by atoms with van der Waals surface area (Å²) in [5, 5.41) is 2.83. The van der Waals surface area contributed by atoms with E-state index in [1.54, 1.807) is 30.6 Å². The molecule has 0 spiro atoms. The van der Waals surface area contributed by atoms with Gasteiger partial charge in [0.15, 0.2) is 0 Å². The number of anilines is 2. The number of rotatable bonds is 5. The molecule has 6 nitrogen and oxygen atoms in total. The maximum atomic E-state index is 14.8. The lowest BCUT2D eigenvalue weighted by atomic mass is 9.75. The molecule has 2 bridgehead atoms. The lowest BCUT2D eigenvalue weighted by molar-refractivity contribution is -0.121. The number of benzene rings is 2. The van der Waals surface area contributed by atoms with Crippen LogP contribution < -0.4 is 10.2 Å². The van der Waals surface area contributed by atoms with Gasteiger partial charge in [-0.3, -0.25) is 4.79 Å². The summed E-state index contributed by atoms with van der Waals surface area (Å²) < 4.78 is 34.9. The average molecular weight is 450 g/mol. The molecule has 2 fully saturated rings. The van der Waals surface area contributed by atoms with Gasteiger partial charge in [-0.25, -0.2) is 18.7 Å². The Kier molecular flexibility index (Phi) is 5.54. The number of hydrogen-bond donors (Lipinski definition) is 1. The molecule has 1 aromatic heterocycles. The maximum absolute atomic E-state index is 14.8. The van der Waals surface area contributed by atoms with Crippen LogP contribution in [0.5, 0.6) is 0 Å². The highest BCUT2D eigenvalue weighted by atomic mass is 19.1. The number of carbonyl (C=O) groups is 1. The molecule has 4 atom stereocenters. The lowest BCUT2D eigenvalue weighted by Gasteiger charge is -2.27. The van der Waals surface area contributed by atoms with E-state index in [9.17, 15) is 13.6 Å². The van der Waals surface area contributed by atoms with Crippen LogP contribution in [0.15, 0.2) is 54.9 Å². The van der Waals surface area contributed by atoms with Crippen LogP contribution in [0.4, 0.5) is 20.4 Å². The minimum absolute atomic E-state index is 0.0697. The van der Waals surface area contributed by atoms with Crippen LogP contribution >= 0.6 is 0 Å². The summed E-state index contributed by atoms with van der Waals surface area (Å²) in [5.41, 5.74) is 1.49. The van der Waals surface area contributed by atoms with E-state index in [1.807, 2.05) is 19.0 Å². The Morgan fingerprint density at radius 1 is 1.00 bits per heavy atom. The smallest absolute Gasteiger partial charge is 0.230 e. The topological polar surface area (TPSA) is 67.4 Å². The first-order valence-electron chi connectivity index (χ1n) is 10.9. The molecule has 1 N–H and O–H groups in total. The van der Waals surface area contributed by atoms with E-state index in [2.05, 4.69) is 15.3 Å². The van der Waals surface area contributed by atoms with Crippen LogP contribution in [0.3, 0.4) is 0 Å². The predicted octanol–water partition coefficient (Wildman–Crippen LogP) is 4.39. The first-order valence-corrected chi connectivity index (χ1v) is 10.9. The summed E-state index contributed by atoms with van der Waals surface area (Å²) >= 11 is 0. The summed E-state index contributed by atoms with van der Waals surface area (Å²) in [6.07, 6.45) is 4.91. The quantitative estimate of drug-likeness (QED) is 0.625. The summed E-state index contributed by atoms with van der Waals surface area (Å²) in [7, 11) is 3.73. The number of nitrogens with zero attached hydrogens (tertiary/aromatic N) is 3. The minimum Gasteiger partial charge on any atom is -0.373 e. The zero-order valence-corrected chi connectivity index (χ0v) is 18.3. The van der Waals surface area contributed by atoms with Crippen molar-refractivity contribution in [2.75, 3.05) is 24.3 Å². The summed E-state index contributed by atoms with van der Waals surface area (Å²) in [5.74, 6) is -1.34. The van der Waals surface area contributed by atoms with Crippen LogP contribution in [0.2, 0.25) is 0 Å². The molecule has 2 aliphatic heterocycles. The Morgan fingerprint density at radius 3 is 2.39 bits per heavy atom. The van der Waals surface area contributed by atoms with E-state index >= 15 is 0 Å². The van der Waals surface area contributed by atoms with Crippen molar-refractivity contribution in [3.05, 3.63) is 72.1 Å². The van der Waals surface area contributed by atoms with Crippen LogP contribution in [-0.2, 0) is 9.53 Å². The Bertz CT molecular complexity index is 1190. The highest BCUT2D eigenvalue weighted by Crippen LogP contribution is 2.49. The Balaban J connectivity index is 1.37. The third-order valence-corrected chi connectivity index (χ3v) is 6.42. The van der Waals surface area contributed by atoms with Crippen LogP contribution in [0, 0.1) is 17.6 Å². The van der Waals surface area contributed by atoms with E-state index < -0.39 is 17.6 Å². The summed E-state index contributed by atoms with van der Waals surface area (Å²) in [6.45, 7) is 0. The van der Waals surface area contributed by atoms with Gasteiger partial charge in [0.25, 0.3) is 0 Å². The van der Waals surface area contributed by atoms with Crippen LogP contribution in [-0.4, -0.2) is 42.2 Å². The van der Waals surface area contributed by atoms with E-state index in [1.165, 1.54) is 24.3 Å². The molecular weight excluding hydrogens is 426 g/mol. The molecule has 5 rings (SSSR count). The monoisotopic (exact) mass is 450 g/mol. The van der Waals surface area contributed by atoms with Crippen molar-refractivity contribution in [3.8, 4) is 11.1 Å². The number of amides is 1. The average Bonchev–Trinajstić information content (AvgIpc) is 3.42. The van der Waals surface area contributed by atoms with Crippen molar-refractivity contribution in [3.63, 3.8) is 0 Å². The normalized spacial score (nSPS) is 23.5. The molecule has 4 unspecified atom stereocenters. The Labute approximate surface area is 190 Å². The molecule has 3 aromatic rings. The highest BCUT2D eigenvalue weighted by molar-refractivity contribution is 5.94. The van der Waals surface area contributed by atoms with Gasteiger partial charge in [0.1, 0.15) is 11.6 Å². The molecule has 2 aromatic carbocycles. The molecule has 33 heavy (non-hydrogen) atoms. The molecule has 3 heterocycles. The first kappa shape index (κ1) is 21.5. The number of carbonyl (C=O) groups excluding carboxylic acids is 1. The first-order chi connectivity index (χ1) is 15.9.